The quantitative estimate of drug-likeness (QED) is 0.569. The van der Waals surface area contributed by atoms with Crippen molar-refractivity contribution in [3.63, 3.8) is 0 Å². The van der Waals surface area contributed by atoms with Gasteiger partial charge in [-0.3, -0.25) is 4.79 Å². The molecule has 0 bridgehead atoms. The van der Waals surface area contributed by atoms with E-state index >= 15 is 0 Å². The van der Waals surface area contributed by atoms with Crippen LogP contribution in [-0.4, -0.2) is 51.8 Å². The Hall–Kier alpha value is -2.29. The number of carbonyl (C=O) groups excluding carboxylic acids is 1. The highest BCUT2D eigenvalue weighted by molar-refractivity contribution is 7.86. The predicted molar refractivity (Wildman–Crippen MR) is 114 cm³/mol. The van der Waals surface area contributed by atoms with Crippen LogP contribution >= 0.6 is 11.6 Å². The van der Waals surface area contributed by atoms with E-state index in [1.165, 1.54) is 7.11 Å². The third kappa shape index (κ3) is 5.87. The Morgan fingerprint density at radius 2 is 2.00 bits per heavy atom. The number of rotatable bonds is 8. The molecular weight excluding hydrogens is 430 g/mol. The molecule has 1 atom stereocenters. The Labute approximate surface area is 181 Å². The molecule has 2 aromatic carbocycles. The Morgan fingerprint density at radius 1 is 1.23 bits per heavy atom. The molecule has 1 unspecified atom stereocenters. The van der Waals surface area contributed by atoms with E-state index in [4.69, 9.17) is 25.3 Å². The molecule has 1 fully saturated rings. The lowest BCUT2D eigenvalue weighted by atomic mass is 10.1. The van der Waals surface area contributed by atoms with Gasteiger partial charge in [-0.15, -0.1) is 0 Å². The van der Waals surface area contributed by atoms with E-state index in [1.54, 1.807) is 47.4 Å². The maximum Gasteiger partial charge on any atom is 0.306 e. The first kappa shape index (κ1) is 22.4. The lowest BCUT2D eigenvalue weighted by molar-refractivity contribution is 0.0507. The number of hydrogen-bond acceptors (Lipinski definition) is 6. The summed E-state index contributed by atoms with van der Waals surface area (Å²) in [5, 5.41) is 0.371. The number of methoxy groups -OCH3 is 1. The number of ether oxygens (including phenoxy) is 2. The van der Waals surface area contributed by atoms with Crippen LogP contribution in [0.25, 0.3) is 0 Å². The predicted octanol–water partition coefficient (Wildman–Crippen LogP) is 3.51. The summed E-state index contributed by atoms with van der Waals surface area (Å²) in [6, 6.07) is 11.8. The number of halogens is 1. The average Bonchev–Trinajstić information content (AvgIpc) is 3.19. The van der Waals surface area contributed by atoms with Crippen molar-refractivity contribution in [3.8, 4) is 11.5 Å². The third-order valence-electron chi connectivity index (χ3n) is 4.68. The van der Waals surface area contributed by atoms with Gasteiger partial charge in [-0.1, -0.05) is 29.8 Å². The van der Waals surface area contributed by atoms with Gasteiger partial charge >= 0.3 is 10.1 Å². The maximum atomic E-state index is 13.2. The van der Waals surface area contributed by atoms with Gasteiger partial charge in [0.1, 0.15) is 0 Å². The molecule has 9 heteroatoms. The SMILES string of the molecule is COc1ccc(CN(CC2CCCO2)C(=O)c2ccccc2Cl)cc1OS(C)(=O)=O. The van der Waals surface area contributed by atoms with Gasteiger partial charge < -0.3 is 18.6 Å². The van der Waals surface area contributed by atoms with Crippen LogP contribution in [0.5, 0.6) is 11.5 Å². The van der Waals surface area contributed by atoms with Gasteiger partial charge in [-0.05, 0) is 42.7 Å². The molecule has 1 saturated heterocycles. The normalized spacial score (nSPS) is 16.3. The van der Waals surface area contributed by atoms with Crippen LogP contribution in [-0.2, 0) is 21.4 Å². The zero-order valence-corrected chi connectivity index (χ0v) is 18.4. The number of hydrogen-bond donors (Lipinski definition) is 0. The van der Waals surface area contributed by atoms with Gasteiger partial charge in [0.2, 0.25) is 0 Å². The average molecular weight is 454 g/mol. The van der Waals surface area contributed by atoms with Crippen molar-refractivity contribution in [2.24, 2.45) is 0 Å². The van der Waals surface area contributed by atoms with Gasteiger partial charge in [-0.2, -0.15) is 8.42 Å². The molecule has 1 heterocycles. The van der Waals surface area contributed by atoms with Crippen LogP contribution in [0.4, 0.5) is 0 Å². The first-order valence-corrected chi connectivity index (χ1v) is 11.7. The van der Waals surface area contributed by atoms with Crippen molar-refractivity contribution < 1.29 is 26.9 Å². The molecule has 2 aromatic rings. The lowest BCUT2D eigenvalue weighted by Crippen LogP contribution is -2.37. The Bertz CT molecular complexity index is 1000. The lowest BCUT2D eigenvalue weighted by Gasteiger charge is -2.26. The number of nitrogens with zero attached hydrogens (tertiary/aromatic N) is 1. The van der Waals surface area contributed by atoms with E-state index < -0.39 is 10.1 Å². The van der Waals surface area contributed by atoms with Gasteiger partial charge in [-0.25, -0.2) is 0 Å². The molecule has 1 amide bonds. The monoisotopic (exact) mass is 453 g/mol. The van der Waals surface area contributed by atoms with Gasteiger partial charge in [0.25, 0.3) is 5.91 Å². The third-order valence-corrected chi connectivity index (χ3v) is 5.49. The second kappa shape index (κ2) is 9.68. The molecule has 0 radical (unpaired) electrons. The number of amides is 1. The van der Waals surface area contributed by atoms with E-state index in [2.05, 4.69) is 0 Å². The van der Waals surface area contributed by atoms with Crippen molar-refractivity contribution in [2.45, 2.75) is 25.5 Å². The molecular formula is C21H24ClNO6S. The molecule has 1 aliphatic rings. The molecule has 0 aromatic heterocycles. The summed E-state index contributed by atoms with van der Waals surface area (Å²) in [6.45, 7) is 1.31. The zero-order chi connectivity index (χ0) is 21.7. The van der Waals surface area contributed by atoms with E-state index in [9.17, 15) is 13.2 Å². The zero-order valence-electron chi connectivity index (χ0n) is 16.8. The first-order chi connectivity index (χ1) is 14.3. The van der Waals surface area contributed by atoms with Gasteiger partial charge in [0.15, 0.2) is 11.5 Å². The molecule has 0 N–H and O–H groups in total. The first-order valence-electron chi connectivity index (χ1n) is 9.48. The fraction of sp³-hybridized carbons (Fsp3) is 0.381. The summed E-state index contributed by atoms with van der Waals surface area (Å²) in [5.74, 6) is 0.129. The largest absolute Gasteiger partial charge is 0.493 e. The second-order valence-electron chi connectivity index (χ2n) is 7.07. The highest BCUT2D eigenvalue weighted by Gasteiger charge is 2.25. The van der Waals surface area contributed by atoms with Crippen molar-refractivity contribution >= 4 is 27.6 Å². The minimum Gasteiger partial charge on any atom is -0.493 e. The van der Waals surface area contributed by atoms with Crippen LogP contribution in [0, 0.1) is 0 Å². The molecule has 0 saturated carbocycles. The Balaban J connectivity index is 1.89. The number of benzene rings is 2. The van der Waals surface area contributed by atoms with Crippen LogP contribution in [0.3, 0.4) is 0 Å². The summed E-state index contributed by atoms with van der Waals surface area (Å²) >= 11 is 6.24. The van der Waals surface area contributed by atoms with Crippen molar-refractivity contribution in [3.05, 3.63) is 58.6 Å². The van der Waals surface area contributed by atoms with E-state index in [0.29, 0.717) is 29.3 Å². The molecule has 30 heavy (non-hydrogen) atoms. The summed E-state index contributed by atoms with van der Waals surface area (Å²) in [5.41, 5.74) is 1.09. The summed E-state index contributed by atoms with van der Waals surface area (Å²) in [4.78, 5) is 14.9. The van der Waals surface area contributed by atoms with Crippen LogP contribution < -0.4 is 8.92 Å². The summed E-state index contributed by atoms with van der Waals surface area (Å²) < 4.78 is 39.1. The maximum absolute atomic E-state index is 13.2. The summed E-state index contributed by atoms with van der Waals surface area (Å²) in [6.07, 6.45) is 2.73. The molecule has 162 valence electrons. The van der Waals surface area contributed by atoms with E-state index in [-0.39, 0.29) is 30.1 Å². The number of carbonyl (C=O) groups is 1. The fourth-order valence-corrected chi connectivity index (χ4v) is 4.00. The highest BCUT2D eigenvalue weighted by atomic mass is 35.5. The van der Waals surface area contributed by atoms with E-state index in [0.717, 1.165) is 19.1 Å². The Morgan fingerprint density at radius 3 is 2.63 bits per heavy atom. The van der Waals surface area contributed by atoms with Crippen molar-refractivity contribution in [1.82, 2.24) is 4.90 Å². The smallest absolute Gasteiger partial charge is 0.306 e. The van der Waals surface area contributed by atoms with E-state index in [1.807, 2.05) is 0 Å². The van der Waals surface area contributed by atoms with Crippen LogP contribution in [0.15, 0.2) is 42.5 Å². The summed E-state index contributed by atoms with van der Waals surface area (Å²) in [7, 11) is -2.31. The standard InChI is InChI=1S/C21H24ClNO6S/c1-27-19-10-9-15(12-20(19)29-30(2,25)26)13-23(14-16-6-5-11-28-16)21(24)17-7-3-4-8-18(17)22/h3-4,7-10,12,16H,5-6,11,13-14H2,1-2H3. The molecule has 7 nitrogen and oxygen atoms in total. The van der Waals surface area contributed by atoms with Crippen LogP contribution in [0.2, 0.25) is 5.02 Å². The van der Waals surface area contributed by atoms with Gasteiger partial charge in [0, 0.05) is 19.7 Å². The minimum absolute atomic E-state index is 0.0542. The highest BCUT2D eigenvalue weighted by Crippen LogP contribution is 2.30. The minimum atomic E-state index is -3.74. The van der Waals surface area contributed by atoms with Crippen molar-refractivity contribution in [2.75, 3.05) is 26.5 Å². The van der Waals surface area contributed by atoms with Crippen LogP contribution in [0.1, 0.15) is 28.8 Å². The fourth-order valence-electron chi connectivity index (χ4n) is 3.33. The van der Waals surface area contributed by atoms with Crippen molar-refractivity contribution in [1.29, 1.82) is 0 Å². The Kier molecular flexibility index (Phi) is 7.23. The molecule has 0 aliphatic carbocycles. The van der Waals surface area contributed by atoms with Gasteiger partial charge in [0.05, 0.1) is 30.1 Å². The second-order valence-corrected chi connectivity index (χ2v) is 9.06. The molecule has 3 rings (SSSR count). The molecule has 1 aliphatic heterocycles. The topological polar surface area (TPSA) is 82.1 Å². The molecule has 0 spiro atoms.